The molecule has 0 aliphatic heterocycles. The van der Waals surface area contributed by atoms with E-state index in [0.29, 0.717) is 15.7 Å². The van der Waals surface area contributed by atoms with Crippen molar-refractivity contribution in [1.29, 1.82) is 0 Å². The summed E-state index contributed by atoms with van der Waals surface area (Å²) in [6, 6.07) is 3.61. The van der Waals surface area contributed by atoms with Crippen molar-refractivity contribution in [2.24, 2.45) is 0 Å². The molecule has 18 heavy (non-hydrogen) atoms. The van der Waals surface area contributed by atoms with Crippen molar-refractivity contribution < 1.29 is 4.79 Å². The summed E-state index contributed by atoms with van der Waals surface area (Å²) in [5, 5.41) is 6.19. The first-order valence-corrected chi connectivity index (χ1v) is 6.10. The number of aromatic nitrogens is 2. The minimum absolute atomic E-state index is 0.224. The van der Waals surface area contributed by atoms with E-state index in [1.807, 2.05) is 13.0 Å². The average molecular weight is 263 g/mol. The number of thiazole rings is 1. The van der Waals surface area contributed by atoms with Crippen LogP contribution in [-0.2, 0) is 0 Å². The molecule has 2 aromatic heterocycles. The van der Waals surface area contributed by atoms with Gasteiger partial charge >= 0.3 is 0 Å². The molecular weight excluding hydrogens is 250 g/mol. The fourth-order valence-electron chi connectivity index (χ4n) is 1.33. The SMILES string of the molecule is CNc1nc(N)c(C(=O)Nc2ccc(C)nc2)s1. The lowest BCUT2D eigenvalue weighted by atomic mass is 10.3. The third-order valence-electron chi connectivity index (χ3n) is 2.24. The van der Waals surface area contributed by atoms with Crippen LogP contribution in [0.5, 0.6) is 0 Å². The van der Waals surface area contributed by atoms with E-state index in [9.17, 15) is 4.79 Å². The fraction of sp³-hybridized carbons (Fsp3) is 0.182. The molecule has 1 amide bonds. The van der Waals surface area contributed by atoms with Crippen LogP contribution in [0.3, 0.4) is 0 Å². The maximum atomic E-state index is 12.0. The van der Waals surface area contributed by atoms with Crippen LogP contribution in [0.15, 0.2) is 18.3 Å². The van der Waals surface area contributed by atoms with Gasteiger partial charge in [-0.05, 0) is 19.1 Å². The number of carbonyl (C=O) groups is 1. The highest BCUT2D eigenvalue weighted by molar-refractivity contribution is 7.18. The third-order valence-corrected chi connectivity index (χ3v) is 3.33. The Hall–Kier alpha value is -2.15. The fourth-order valence-corrected chi connectivity index (χ4v) is 2.06. The van der Waals surface area contributed by atoms with Crippen LogP contribution in [0.25, 0.3) is 0 Å². The highest BCUT2D eigenvalue weighted by Crippen LogP contribution is 2.25. The van der Waals surface area contributed by atoms with Crippen LogP contribution in [0.2, 0.25) is 0 Å². The maximum absolute atomic E-state index is 12.0. The zero-order chi connectivity index (χ0) is 13.1. The standard InChI is InChI=1S/C11H13N5OS/c1-6-3-4-7(5-14-6)15-10(17)8-9(12)16-11(13-2)18-8/h3-5H,12H2,1-2H3,(H,13,16)(H,15,17). The second-order valence-electron chi connectivity index (χ2n) is 3.63. The van der Waals surface area contributed by atoms with Crippen LogP contribution in [-0.4, -0.2) is 22.9 Å². The van der Waals surface area contributed by atoms with Gasteiger partial charge in [0.25, 0.3) is 5.91 Å². The largest absolute Gasteiger partial charge is 0.382 e. The molecule has 2 heterocycles. The summed E-state index contributed by atoms with van der Waals surface area (Å²) in [5.41, 5.74) is 7.20. The number of amides is 1. The lowest BCUT2D eigenvalue weighted by Gasteiger charge is -2.03. The van der Waals surface area contributed by atoms with Crippen LogP contribution in [0.1, 0.15) is 15.4 Å². The van der Waals surface area contributed by atoms with Gasteiger partial charge in [0.1, 0.15) is 10.7 Å². The highest BCUT2D eigenvalue weighted by atomic mass is 32.1. The number of nitrogens with zero attached hydrogens (tertiary/aromatic N) is 2. The maximum Gasteiger partial charge on any atom is 0.269 e. The number of hydrogen-bond acceptors (Lipinski definition) is 6. The van der Waals surface area contributed by atoms with Gasteiger partial charge < -0.3 is 16.4 Å². The van der Waals surface area contributed by atoms with Crippen molar-refractivity contribution in [2.45, 2.75) is 6.92 Å². The number of nitrogen functional groups attached to an aromatic ring is 1. The molecule has 4 N–H and O–H groups in total. The molecule has 0 bridgehead atoms. The Morgan fingerprint density at radius 2 is 2.22 bits per heavy atom. The normalized spacial score (nSPS) is 10.1. The zero-order valence-electron chi connectivity index (χ0n) is 10.0. The number of nitrogens with two attached hydrogens (primary N) is 1. The summed E-state index contributed by atoms with van der Waals surface area (Å²) in [6.07, 6.45) is 1.60. The molecule has 0 atom stereocenters. The molecule has 94 valence electrons. The number of hydrogen-bond donors (Lipinski definition) is 3. The van der Waals surface area contributed by atoms with E-state index in [4.69, 9.17) is 5.73 Å². The van der Waals surface area contributed by atoms with Gasteiger partial charge in [-0.3, -0.25) is 9.78 Å². The summed E-state index contributed by atoms with van der Waals surface area (Å²) in [5.74, 6) is -0.0564. The van der Waals surface area contributed by atoms with Crippen molar-refractivity contribution in [1.82, 2.24) is 9.97 Å². The van der Waals surface area contributed by atoms with Crippen molar-refractivity contribution in [2.75, 3.05) is 23.4 Å². The molecule has 2 aromatic rings. The first kappa shape index (κ1) is 12.3. The van der Waals surface area contributed by atoms with Gasteiger partial charge in [0.05, 0.1) is 11.9 Å². The molecule has 0 unspecified atom stereocenters. The number of carbonyl (C=O) groups excluding carboxylic acids is 1. The molecular formula is C11H13N5OS. The molecule has 0 spiro atoms. The van der Waals surface area contributed by atoms with E-state index < -0.39 is 0 Å². The predicted octanol–water partition coefficient (Wildman–Crippen LogP) is 1.72. The first-order chi connectivity index (χ1) is 8.60. The second kappa shape index (κ2) is 5.01. The number of rotatable bonds is 3. The Bertz CT molecular complexity index is 563. The Balaban J connectivity index is 2.16. The minimum Gasteiger partial charge on any atom is -0.382 e. The van der Waals surface area contributed by atoms with Gasteiger partial charge in [0.2, 0.25) is 0 Å². The third kappa shape index (κ3) is 2.57. The monoisotopic (exact) mass is 263 g/mol. The molecule has 0 saturated heterocycles. The van der Waals surface area contributed by atoms with Crippen LogP contribution in [0, 0.1) is 6.92 Å². The van der Waals surface area contributed by atoms with E-state index >= 15 is 0 Å². The van der Waals surface area contributed by atoms with Gasteiger partial charge in [-0.2, -0.15) is 0 Å². The van der Waals surface area contributed by atoms with Crippen molar-refractivity contribution in [3.63, 3.8) is 0 Å². The van der Waals surface area contributed by atoms with E-state index in [2.05, 4.69) is 20.6 Å². The molecule has 0 aromatic carbocycles. The smallest absolute Gasteiger partial charge is 0.269 e. The first-order valence-electron chi connectivity index (χ1n) is 5.28. The van der Waals surface area contributed by atoms with Crippen molar-refractivity contribution >= 4 is 33.9 Å². The van der Waals surface area contributed by atoms with E-state index in [-0.39, 0.29) is 11.7 Å². The Morgan fingerprint density at radius 1 is 1.44 bits per heavy atom. The Kier molecular flexibility index (Phi) is 3.42. The highest BCUT2D eigenvalue weighted by Gasteiger charge is 2.15. The zero-order valence-corrected chi connectivity index (χ0v) is 10.8. The minimum atomic E-state index is -0.280. The van der Waals surface area contributed by atoms with Crippen LogP contribution in [0.4, 0.5) is 16.6 Å². The topological polar surface area (TPSA) is 92.9 Å². The molecule has 0 aliphatic carbocycles. The van der Waals surface area contributed by atoms with Gasteiger partial charge in [-0.15, -0.1) is 0 Å². The molecule has 2 rings (SSSR count). The summed E-state index contributed by atoms with van der Waals surface area (Å²) in [6.45, 7) is 1.88. The lowest BCUT2D eigenvalue weighted by Crippen LogP contribution is -2.12. The van der Waals surface area contributed by atoms with Gasteiger partial charge in [-0.25, -0.2) is 4.98 Å². The van der Waals surface area contributed by atoms with E-state index in [1.54, 1.807) is 19.3 Å². The summed E-state index contributed by atoms with van der Waals surface area (Å²) in [4.78, 5) is 20.5. The van der Waals surface area contributed by atoms with Crippen molar-refractivity contribution in [3.8, 4) is 0 Å². The van der Waals surface area contributed by atoms with Crippen LogP contribution < -0.4 is 16.4 Å². The van der Waals surface area contributed by atoms with E-state index in [0.717, 1.165) is 5.69 Å². The molecule has 0 aliphatic rings. The molecule has 7 heteroatoms. The number of anilines is 3. The Labute approximate surface area is 108 Å². The number of nitrogens with one attached hydrogen (secondary N) is 2. The summed E-state index contributed by atoms with van der Waals surface area (Å²) in [7, 11) is 1.73. The van der Waals surface area contributed by atoms with Crippen molar-refractivity contribution in [3.05, 3.63) is 28.9 Å². The molecule has 0 radical (unpaired) electrons. The van der Waals surface area contributed by atoms with E-state index in [1.165, 1.54) is 11.3 Å². The lowest BCUT2D eigenvalue weighted by molar-refractivity contribution is 0.103. The second-order valence-corrected chi connectivity index (χ2v) is 4.62. The summed E-state index contributed by atoms with van der Waals surface area (Å²) < 4.78 is 0. The summed E-state index contributed by atoms with van der Waals surface area (Å²) >= 11 is 1.21. The van der Waals surface area contributed by atoms with Gasteiger partial charge in [-0.1, -0.05) is 11.3 Å². The molecule has 0 fully saturated rings. The number of aryl methyl sites for hydroxylation is 1. The number of pyridine rings is 1. The molecule has 6 nitrogen and oxygen atoms in total. The van der Waals surface area contributed by atoms with Crippen LogP contribution >= 0.6 is 11.3 Å². The molecule has 0 saturated carbocycles. The quantitative estimate of drug-likeness (QED) is 0.784. The Morgan fingerprint density at radius 3 is 2.78 bits per heavy atom. The van der Waals surface area contributed by atoms with Gasteiger partial charge in [0, 0.05) is 12.7 Å². The average Bonchev–Trinajstić information content (AvgIpc) is 2.73. The predicted molar refractivity (Wildman–Crippen MR) is 73.0 cm³/mol. The van der Waals surface area contributed by atoms with Gasteiger partial charge in [0.15, 0.2) is 5.13 Å².